The number of carbonyl (C=O) groups excluding carboxylic acids is 1. The lowest BCUT2D eigenvalue weighted by atomic mass is 10.0. The summed E-state index contributed by atoms with van der Waals surface area (Å²) in [6.07, 6.45) is 3.80. The van der Waals surface area contributed by atoms with E-state index in [1.807, 2.05) is 65.7 Å². The summed E-state index contributed by atoms with van der Waals surface area (Å²) >= 11 is 12.5. The Morgan fingerprint density at radius 1 is 1.08 bits per heavy atom. The number of nitrogens with one attached hydrogen (secondary N) is 2. The van der Waals surface area contributed by atoms with Gasteiger partial charge in [-0.2, -0.15) is 0 Å². The summed E-state index contributed by atoms with van der Waals surface area (Å²) in [6, 6.07) is 22.8. The highest BCUT2D eigenvalue weighted by Gasteiger charge is 2.42. The number of amides is 1. The Kier molecular flexibility index (Phi) is 7.59. The van der Waals surface area contributed by atoms with Crippen molar-refractivity contribution in [2.75, 3.05) is 31.0 Å². The van der Waals surface area contributed by atoms with Gasteiger partial charge in [0.2, 0.25) is 5.91 Å². The fourth-order valence-electron chi connectivity index (χ4n) is 4.62. The van der Waals surface area contributed by atoms with Crippen molar-refractivity contribution in [3.63, 3.8) is 0 Å². The van der Waals surface area contributed by atoms with Gasteiger partial charge in [0.05, 0.1) is 29.6 Å². The Balaban J connectivity index is 1.57. The van der Waals surface area contributed by atoms with E-state index in [-0.39, 0.29) is 24.6 Å². The van der Waals surface area contributed by atoms with Crippen molar-refractivity contribution in [3.05, 3.63) is 102 Å². The summed E-state index contributed by atoms with van der Waals surface area (Å²) in [4.78, 5) is 18.7. The van der Waals surface area contributed by atoms with E-state index in [4.69, 9.17) is 33.3 Å². The van der Waals surface area contributed by atoms with Crippen LogP contribution in [0.3, 0.4) is 0 Å². The van der Waals surface area contributed by atoms with Crippen molar-refractivity contribution >= 4 is 46.2 Å². The Morgan fingerprint density at radius 2 is 1.87 bits per heavy atom. The van der Waals surface area contributed by atoms with Gasteiger partial charge < -0.3 is 29.6 Å². The molecule has 0 bridgehead atoms. The molecule has 4 aromatic rings. The zero-order valence-corrected chi connectivity index (χ0v) is 22.4. The first-order valence-corrected chi connectivity index (χ1v) is 12.7. The molecule has 2 atom stereocenters. The minimum Gasteiger partial charge on any atom is -0.497 e. The van der Waals surface area contributed by atoms with E-state index in [0.717, 1.165) is 28.5 Å². The van der Waals surface area contributed by atoms with Gasteiger partial charge in [-0.15, -0.1) is 0 Å². The number of methoxy groups -OCH3 is 2. The second-order valence-electron chi connectivity index (χ2n) is 8.64. The van der Waals surface area contributed by atoms with Gasteiger partial charge in [0.1, 0.15) is 18.4 Å². The van der Waals surface area contributed by atoms with Crippen LogP contribution in [0.1, 0.15) is 23.5 Å². The molecule has 3 heterocycles. The SMILES string of the molecule is COCC(=O)Nc1ccc(N2C(=S)N[C@@H](c3ccccn3)[C@H]2c2cccn2-c2ccc(OC)cc2)cc1Cl. The predicted octanol–water partition coefficient (Wildman–Crippen LogP) is 5.30. The summed E-state index contributed by atoms with van der Waals surface area (Å²) in [7, 11) is 3.11. The van der Waals surface area contributed by atoms with E-state index < -0.39 is 0 Å². The van der Waals surface area contributed by atoms with Crippen LogP contribution in [-0.4, -0.2) is 41.4 Å². The molecule has 2 aromatic heterocycles. The Labute approximate surface area is 231 Å². The van der Waals surface area contributed by atoms with Gasteiger partial charge >= 0.3 is 0 Å². The zero-order valence-electron chi connectivity index (χ0n) is 20.8. The van der Waals surface area contributed by atoms with Crippen molar-refractivity contribution in [1.82, 2.24) is 14.9 Å². The third-order valence-electron chi connectivity index (χ3n) is 6.31. The van der Waals surface area contributed by atoms with Crippen LogP contribution >= 0.6 is 23.8 Å². The molecule has 1 aliphatic heterocycles. The number of anilines is 2. The summed E-state index contributed by atoms with van der Waals surface area (Å²) in [5.41, 5.74) is 4.13. The lowest BCUT2D eigenvalue weighted by Gasteiger charge is -2.29. The van der Waals surface area contributed by atoms with Gasteiger partial charge in [-0.3, -0.25) is 9.78 Å². The third-order valence-corrected chi connectivity index (χ3v) is 6.94. The number of ether oxygens (including phenoxy) is 2. The number of halogens is 1. The summed E-state index contributed by atoms with van der Waals surface area (Å²) in [5.74, 6) is 0.498. The zero-order chi connectivity index (χ0) is 26.6. The van der Waals surface area contributed by atoms with Crippen molar-refractivity contribution in [3.8, 4) is 11.4 Å². The van der Waals surface area contributed by atoms with E-state index in [9.17, 15) is 4.79 Å². The second kappa shape index (κ2) is 11.2. The van der Waals surface area contributed by atoms with Crippen LogP contribution in [0.15, 0.2) is 85.2 Å². The van der Waals surface area contributed by atoms with Crippen LogP contribution < -0.4 is 20.3 Å². The Bertz CT molecular complexity index is 1440. The number of thiocarbonyl (C=S) groups is 1. The smallest absolute Gasteiger partial charge is 0.250 e. The predicted molar refractivity (Wildman–Crippen MR) is 152 cm³/mol. The van der Waals surface area contributed by atoms with Crippen LogP contribution in [0.25, 0.3) is 5.69 Å². The van der Waals surface area contributed by atoms with Gasteiger partial charge in [-0.25, -0.2) is 0 Å². The van der Waals surface area contributed by atoms with E-state index in [2.05, 4.69) is 26.3 Å². The van der Waals surface area contributed by atoms with Gasteiger partial charge in [-0.05, 0) is 78.9 Å². The Hall–Kier alpha value is -3.92. The molecule has 1 amide bonds. The molecule has 0 unspecified atom stereocenters. The standard InChI is InChI=1S/C28H26ClN5O3S/c1-36-17-25(35)31-22-13-10-19(16-21(22)29)34-27(26(32-28(34)38)23-6-3-4-14-30-23)24-7-5-15-33(24)18-8-11-20(37-2)12-9-18/h3-16,26-27H,17H2,1-2H3,(H,31,35)(H,32,38)/t26-,27+/m0/s1. The maximum absolute atomic E-state index is 12.0. The van der Waals surface area contributed by atoms with Crippen molar-refractivity contribution in [2.45, 2.75) is 12.1 Å². The number of pyridine rings is 1. The maximum atomic E-state index is 12.0. The van der Waals surface area contributed by atoms with E-state index in [1.54, 1.807) is 25.4 Å². The molecule has 5 rings (SSSR count). The summed E-state index contributed by atoms with van der Waals surface area (Å²) in [5, 5.41) is 7.17. The monoisotopic (exact) mass is 547 g/mol. The Morgan fingerprint density at radius 3 is 2.55 bits per heavy atom. The lowest BCUT2D eigenvalue weighted by Crippen LogP contribution is -2.30. The highest BCUT2D eigenvalue weighted by atomic mass is 35.5. The number of carbonyl (C=O) groups is 1. The van der Waals surface area contributed by atoms with Gasteiger partial charge in [0.25, 0.3) is 0 Å². The molecule has 0 radical (unpaired) electrons. The molecule has 194 valence electrons. The minimum absolute atomic E-state index is 0.0611. The van der Waals surface area contributed by atoms with Crippen LogP contribution in [0.4, 0.5) is 11.4 Å². The first-order valence-electron chi connectivity index (χ1n) is 11.9. The van der Waals surface area contributed by atoms with Crippen molar-refractivity contribution in [2.24, 2.45) is 0 Å². The number of hydrogen-bond donors (Lipinski definition) is 2. The second-order valence-corrected chi connectivity index (χ2v) is 9.44. The molecule has 0 spiro atoms. The van der Waals surface area contributed by atoms with Crippen LogP contribution in [-0.2, 0) is 9.53 Å². The molecule has 0 aliphatic carbocycles. The first-order chi connectivity index (χ1) is 18.5. The van der Waals surface area contributed by atoms with Crippen LogP contribution in [0.5, 0.6) is 5.75 Å². The summed E-state index contributed by atoms with van der Waals surface area (Å²) < 4.78 is 12.4. The molecule has 8 nitrogen and oxygen atoms in total. The van der Waals surface area contributed by atoms with Gasteiger partial charge in [0, 0.05) is 36.6 Å². The average Bonchev–Trinajstić information content (AvgIpc) is 3.55. The highest BCUT2D eigenvalue weighted by Crippen LogP contribution is 2.43. The molecule has 10 heteroatoms. The van der Waals surface area contributed by atoms with E-state index in [0.29, 0.717) is 15.8 Å². The normalized spacial score (nSPS) is 16.8. The minimum atomic E-state index is -0.286. The van der Waals surface area contributed by atoms with Crippen LogP contribution in [0.2, 0.25) is 5.02 Å². The molecule has 0 saturated carbocycles. The molecule has 1 aliphatic rings. The maximum Gasteiger partial charge on any atom is 0.250 e. The number of aromatic nitrogens is 2. The fraction of sp³-hybridized carbons (Fsp3) is 0.179. The molecule has 2 aromatic carbocycles. The number of rotatable bonds is 8. The number of benzene rings is 2. The fourth-order valence-corrected chi connectivity index (χ4v) is 5.19. The lowest BCUT2D eigenvalue weighted by molar-refractivity contribution is -0.119. The molecular formula is C28H26ClN5O3S. The van der Waals surface area contributed by atoms with Gasteiger partial charge in [-0.1, -0.05) is 17.7 Å². The number of hydrogen-bond acceptors (Lipinski definition) is 5. The molecular weight excluding hydrogens is 522 g/mol. The first kappa shape index (κ1) is 25.7. The molecule has 38 heavy (non-hydrogen) atoms. The number of nitrogens with zero attached hydrogens (tertiary/aromatic N) is 3. The molecule has 2 N–H and O–H groups in total. The van der Waals surface area contributed by atoms with Crippen molar-refractivity contribution < 1.29 is 14.3 Å². The van der Waals surface area contributed by atoms with E-state index >= 15 is 0 Å². The van der Waals surface area contributed by atoms with Gasteiger partial charge in [0.15, 0.2) is 5.11 Å². The van der Waals surface area contributed by atoms with Crippen molar-refractivity contribution in [1.29, 1.82) is 0 Å². The quantitative estimate of drug-likeness (QED) is 0.290. The largest absolute Gasteiger partial charge is 0.497 e. The van der Waals surface area contributed by atoms with Crippen LogP contribution in [0, 0.1) is 0 Å². The molecule has 1 saturated heterocycles. The average molecular weight is 548 g/mol. The van der Waals surface area contributed by atoms with E-state index in [1.165, 1.54) is 7.11 Å². The summed E-state index contributed by atoms with van der Waals surface area (Å²) in [6.45, 7) is -0.0611. The third kappa shape index (κ3) is 5.08. The highest BCUT2D eigenvalue weighted by molar-refractivity contribution is 7.80. The molecule has 1 fully saturated rings. The topological polar surface area (TPSA) is 80.7 Å².